The predicted octanol–water partition coefficient (Wildman–Crippen LogP) is 2.63. The van der Waals surface area contributed by atoms with Crippen LogP contribution in [0.3, 0.4) is 0 Å². The molecule has 5 nitrogen and oxygen atoms in total. The Morgan fingerprint density at radius 3 is 2.33 bits per heavy atom. The van der Waals surface area contributed by atoms with Crippen molar-refractivity contribution in [2.75, 3.05) is 13.2 Å². The van der Waals surface area contributed by atoms with Crippen LogP contribution < -0.4 is 5.73 Å². The first-order valence-corrected chi connectivity index (χ1v) is 7.03. The summed E-state index contributed by atoms with van der Waals surface area (Å²) in [6.45, 7) is 9.09. The third-order valence-electron chi connectivity index (χ3n) is 2.55. The number of hydrogen-bond acceptors (Lipinski definition) is 4. The SMILES string of the molecule is CCOC(OCC)C(N)c1c(Br)cnn1C(C)C. The molecule has 18 heavy (non-hydrogen) atoms. The minimum absolute atomic E-state index is 0.237. The molecular weight excluding hydrogens is 298 g/mol. The summed E-state index contributed by atoms with van der Waals surface area (Å²) in [5, 5.41) is 4.32. The van der Waals surface area contributed by atoms with Crippen LogP contribution in [0.4, 0.5) is 0 Å². The Morgan fingerprint density at radius 1 is 1.33 bits per heavy atom. The lowest BCUT2D eigenvalue weighted by Gasteiger charge is -2.25. The van der Waals surface area contributed by atoms with Gasteiger partial charge in [0.05, 0.1) is 22.4 Å². The summed E-state index contributed by atoms with van der Waals surface area (Å²) in [6, 6.07) is -0.134. The maximum absolute atomic E-state index is 6.25. The lowest BCUT2D eigenvalue weighted by atomic mass is 10.2. The maximum Gasteiger partial charge on any atom is 0.178 e. The predicted molar refractivity (Wildman–Crippen MR) is 74.3 cm³/mol. The molecule has 0 amide bonds. The van der Waals surface area contributed by atoms with Crippen molar-refractivity contribution in [1.29, 1.82) is 0 Å². The van der Waals surface area contributed by atoms with E-state index < -0.39 is 6.29 Å². The molecule has 0 saturated heterocycles. The van der Waals surface area contributed by atoms with Crippen molar-refractivity contribution in [2.45, 2.75) is 46.1 Å². The Balaban J connectivity index is 2.99. The van der Waals surface area contributed by atoms with Gasteiger partial charge < -0.3 is 15.2 Å². The lowest BCUT2D eigenvalue weighted by molar-refractivity contribution is -0.150. The van der Waals surface area contributed by atoms with Gasteiger partial charge >= 0.3 is 0 Å². The van der Waals surface area contributed by atoms with E-state index in [0.717, 1.165) is 10.2 Å². The quantitative estimate of drug-likeness (QED) is 0.785. The third kappa shape index (κ3) is 3.54. The fourth-order valence-electron chi connectivity index (χ4n) is 1.79. The van der Waals surface area contributed by atoms with Gasteiger partial charge in [0.15, 0.2) is 6.29 Å². The molecule has 1 rings (SSSR count). The molecule has 0 spiro atoms. The Kier molecular flexibility index (Phi) is 6.28. The summed E-state index contributed by atoms with van der Waals surface area (Å²) in [4.78, 5) is 0. The molecule has 1 atom stereocenters. The average Bonchev–Trinajstić information content (AvgIpc) is 2.70. The van der Waals surface area contributed by atoms with E-state index in [1.54, 1.807) is 6.20 Å². The second kappa shape index (κ2) is 7.23. The van der Waals surface area contributed by atoms with Crippen molar-refractivity contribution >= 4 is 15.9 Å². The van der Waals surface area contributed by atoms with Crippen LogP contribution in [0.15, 0.2) is 10.7 Å². The topological polar surface area (TPSA) is 62.3 Å². The molecular formula is C12H22BrN3O2. The molecule has 1 aromatic heterocycles. The molecule has 6 heteroatoms. The van der Waals surface area contributed by atoms with E-state index in [2.05, 4.69) is 34.9 Å². The highest BCUT2D eigenvalue weighted by Gasteiger charge is 2.26. The van der Waals surface area contributed by atoms with Gasteiger partial charge in [0.2, 0.25) is 0 Å². The van der Waals surface area contributed by atoms with Gasteiger partial charge in [-0.3, -0.25) is 4.68 Å². The van der Waals surface area contributed by atoms with Crippen LogP contribution >= 0.6 is 15.9 Å². The Morgan fingerprint density at radius 2 is 1.89 bits per heavy atom. The fourth-order valence-corrected chi connectivity index (χ4v) is 2.32. The summed E-state index contributed by atoms with van der Waals surface area (Å²) >= 11 is 3.48. The van der Waals surface area contributed by atoms with Gasteiger partial charge in [-0.1, -0.05) is 0 Å². The van der Waals surface area contributed by atoms with Crippen molar-refractivity contribution < 1.29 is 9.47 Å². The highest BCUT2D eigenvalue weighted by molar-refractivity contribution is 9.10. The first-order chi connectivity index (χ1) is 8.52. The molecule has 1 heterocycles. The molecule has 2 N–H and O–H groups in total. The molecule has 1 unspecified atom stereocenters. The Labute approximate surface area is 117 Å². The number of nitrogens with two attached hydrogens (primary N) is 1. The minimum atomic E-state index is -0.453. The lowest BCUT2D eigenvalue weighted by Crippen LogP contribution is -2.34. The third-order valence-corrected chi connectivity index (χ3v) is 3.16. The zero-order valence-electron chi connectivity index (χ0n) is 11.4. The van der Waals surface area contributed by atoms with E-state index in [1.807, 2.05) is 18.5 Å². The van der Waals surface area contributed by atoms with Gasteiger partial charge in [-0.25, -0.2) is 0 Å². The number of ether oxygens (including phenoxy) is 2. The van der Waals surface area contributed by atoms with Crippen molar-refractivity contribution in [3.8, 4) is 0 Å². The van der Waals surface area contributed by atoms with Crippen molar-refractivity contribution in [2.24, 2.45) is 5.73 Å². The summed E-state index contributed by atoms with van der Waals surface area (Å²) in [7, 11) is 0. The standard InChI is InChI=1S/C12H22BrN3O2/c1-5-17-12(18-6-2)10(14)11-9(13)7-15-16(11)8(3)4/h7-8,10,12H,5-6,14H2,1-4H3. The molecule has 1 aromatic rings. The zero-order chi connectivity index (χ0) is 13.7. The summed E-state index contributed by atoms with van der Waals surface area (Å²) < 4.78 is 13.9. The number of rotatable bonds is 7. The van der Waals surface area contributed by atoms with E-state index in [-0.39, 0.29) is 12.1 Å². The monoisotopic (exact) mass is 319 g/mol. The number of hydrogen-bond donors (Lipinski definition) is 1. The number of nitrogens with zero attached hydrogens (tertiary/aromatic N) is 2. The molecule has 0 saturated carbocycles. The van der Waals surface area contributed by atoms with Gasteiger partial charge in [0.25, 0.3) is 0 Å². The largest absolute Gasteiger partial charge is 0.351 e. The van der Waals surface area contributed by atoms with Crippen LogP contribution in [0.2, 0.25) is 0 Å². The van der Waals surface area contributed by atoms with E-state index in [9.17, 15) is 0 Å². The van der Waals surface area contributed by atoms with Gasteiger partial charge in [-0.2, -0.15) is 5.10 Å². The van der Waals surface area contributed by atoms with Crippen molar-refractivity contribution in [1.82, 2.24) is 9.78 Å². The van der Waals surface area contributed by atoms with Crippen LogP contribution in [0, 0.1) is 0 Å². The Hall–Kier alpha value is -0.430. The number of halogens is 1. The van der Waals surface area contributed by atoms with Crippen LogP contribution in [0.5, 0.6) is 0 Å². The fraction of sp³-hybridized carbons (Fsp3) is 0.750. The van der Waals surface area contributed by atoms with E-state index in [1.165, 1.54) is 0 Å². The molecule has 0 aliphatic carbocycles. The molecule has 0 radical (unpaired) electrons. The van der Waals surface area contributed by atoms with Crippen molar-refractivity contribution in [3.63, 3.8) is 0 Å². The van der Waals surface area contributed by atoms with Crippen LogP contribution in [0.25, 0.3) is 0 Å². The first-order valence-electron chi connectivity index (χ1n) is 6.24. The average molecular weight is 320 g/mol. The van der Waals surface area contributed by atoms with Gasteiger partial charge in [-0.05, 0) is 43.6 Å². The molecule has 0 aliphatic heterocycles. The van der Waals surface area contributed by atoms with Crippen molar-refractivity contribution in [3.05, 3.63) is 16.4 Å². The van der Waals surface area contributed by atoms with Crippen LogP contribution in [-0.2, 0) is 9.47 Å². The molecule has 104 valence electrons. The van der Waals surface area contributed by atoms with E-state index in [0.29, 0.717) is 13.2 Å². The summed E-state index contributed by atoms with van der Waals surface area (Å²) in [5.41, 5.74) is 7.15. The van der Waals surface area contributed by atoms with Gasteiger partial charge in [0.1, 0.15) is 0 Å². The van der Waals surface area contributed by atoms with Crippen LogP contribution in [-0.4, -0.2) is 29.3 Å². The molecule has 0 bridgehead atoms. The number of aromatic nitrogens is 2. The van der Waals surface area contributed by atoms with Gasteiger partial charge in [-0.15, -0.1) is 0 Å². The van der Waals surface area contributed by atoms with E-state index >= 15 is 0 Å². The van der Waals surface area contributed by atoms with Crippen LogP contribution in [0.1, 0.15) is 45.5 Å². The summed E-state index contributed by atoms with van der Waals surface area (Å²) in [6.07, 6.45) is 1.30. The smallest absolute Gasteiger partial charge is 0.178 e. The second-order valence-corrected chi connectivity index (χ2v) is 5.08. The highest BCUT2D eigenvalue weighted by atomic mass is 79.9. The zero-order valence-corrected chi connectivity index (χ0v) is 13.0. The molecule has 0 fully saturated rings. The second-order valence-electron chi connectivity index (χ2n) is 4.22. The normalized spacial score (nSPS) is 13.6. The minimum Gasteiger partial charge on any atom is -0.351 e. The van der Waals surface area contributed by atoms with Gasteiger partial charge in [0, 0.05) is 19.3 Å². The highest BCUT2D eigenvalue weighted by Crippen LogP contribution is 2.28. The Bertz CT molecular complexity index is 362. The maximum atomic E-state index is 6.25. The van der Waals surface area contributed by atoms with E-state index in [4.69, 9.17) is 15.2 Å². The molecule has 0 aromatic carbocycles. The first kappa shape index (κ1) is 15.6. The molecule has 0 aliphatic rings. The summed E-state index contributed by atoms with van der Waals surface area (Å²) in [5.74, 6) is 0.